The summed E-state index contributed by atoms with van der Waals surface area (Å²) in [5.74, 6) is 0.176. The van der Waals surface area contributed by atoms with Crippen LogP contribution in [-0.4, -0.2) is 37.2 Å². The van der Waals surface area contributed by atoms with E-state index in [2.05, 4.69) is 5.32 Å². The van der Waals surface area contributed by atoms with Crippen LogP contribution < -0.4 is 10.2 Å². The summed E-state index contributed by atoms with van der Waals surface area (Å²) < 4.78 is 6.19. The lowest BCUT2D eigenvalue weighted by atomic mass is 9.87. The number of piperidine rings is 1. The minimum Gasteiger partial charge on any atom is -0.373 e. The highest BCUT2D eigenvalue weighted by molar-refractivity contribution is 5.95. The van der Waals surface area contributed by atoms with Crippen LogP contribution in [0.15, 0.2) is 30.3 Å². The number of para-hydroxylation sites is 1. The molecule has 0 aliphatic carbocycles. The van der Waals surface area contributed by atoms with E-state index in [9.17, 15) is 4.79 Å². The lowest BCUT2D eigenvalue weighted by molar-refractivity contribution is -0.121. The molecule has 1 aromatic rings. The summed E-state index contributed by atoms with van der Waals surface area (Å²) in [6.07, 6.45) is 3.03. The van der Waals surface area contributed by atoms with Gasteiger partial charge in [-0.15, -0.1) is 0 Å². The fourth-order valence-corrected chi connectivity index (χ4v) is 3.60. The van der Waals surface area contributed by atoms with Gasteiger partial charge < -0.3 is 15.0 Å². The van der Waals surface area contributed by atoms with Crippen LogP contribution in [0.5, 0.6) is 0 Å². The summed E-state index contributed by atoms with van der Waals surface area (Å²) >= 11 is 0. The number of nitrogens with zero attached hydrogens (tertiary/aromatic N) is 1. The number of amides is 1. The lowest BCUT2D eigenvalue weighted by Crippen LogP contribution is -2.45. The van der Waals surface area contributed by atoms with Gasteiger partial charge in [-0.3, -0.25) is 4.79 Å². The number of carbonyl (C=O) groups is 1. The van der Waals surface area contributed by atoms with E-state index in [1.807, 2.05) is 49.1 Å². The Morgan fingerprint density at radius 3 is 2.59 bits per heavy atom. The second kappa shape index (κ2) is 6.39. The predicted molar refractivity (Wildman–Crippen MR) is 88.0 cm³/mol. The van der Waals surface area contributed by atoms with Crippen molar-refractivity contribution in [3.63, 3.8) is 0 Å². The van der Waals surface area contributed by atoms with Gasteiger partial charge in [0.1, 0.15) is 0 Å². The Balaban J connectivity index is 1.83. The maximum absolute atomic E-state index is 12.8. The Bertz CT molecular complexity index is 509. The average molecular weight is 302 g/mol. The maximum Gasteiger partial charge on any atom is 0.229 e. The SMILES string of the molecule is CC(C)C(=O)N(c1ccccc1)C1COC2(CCNCC2)C1. The van der Waals surface area contributed by atoms with E-state index in [-0.39, 0.29) is 23.5 Å². The van der Waals surface area contributed by atoms with E-state index in [1.54, 1.807) is 0 Å². The average Bonchev–Trinajstić information content (AvgIpc) is 2.92. The third-order valence-electron chi connectivity index (χ3n) is 4.84. The zero-order valence-electron chi connectivity index (χ0n) is 13.5. The Morgan fingerprint density at radius 1 is 1.27 bits per heavy atom. The highest BCUT2D eigenvalue weighted by atomic mass is 16.5. The molecule has 1 N–H and O–H groups in total. The molecule has 2 aliphatic rings. The van der Waals surface area contributed by atoms with Crippen LogP contribution in [0.3, 0.4) is 0 Å². The molecule has 3 rings (SSSR count). The third kappa shape index (κ3) is 3.03. The minimum atomic E-state index is -0.0276. The van der Waals surface area contributed by atoms with Crippen molar-refractivity contribution in [1.82, 2.24) is 5.32 Å². The molecule has 2 heterocycles. The second-order valence-electron chi connectivity index (χ2n) is 6.80. The van der Waals surface area contributed by atoms with E-state index < -0.39 is 0 Å². The Kier molecular flexibility index (Phi) is 4.50. The Morgan fingerprint density at radius 2 is 1.95 bits per heavy atom. The first-order chi connectivity index (χ1) is 10.6. The fraction of sp³-hybridized carbons (Fsp3) is 0.611. The van der Waals surface area contributed by atoms with Crippen molar-refractivity contribution in [3.05, 3.63) is 30.3 Å². The molecule has 4 heteroatoms. The van der Waals surface area contributed by atoms with Gasteiger partial charge >= 0.3 is 0 Å². The van der Waals surface area contributed by atoms with Crippen LogP contribution in [0.2, 0.25) is 0 Å². The molecular weight excluding hydrogens is 276 g/mol. The van der Waals surface area contributed by atoms with Gasteiger partial charge in [0.2, 0.25) is 5.91 Å². The number of hydrogen-bond acceptors (Lipinski definition) is 3. The molecule has 1 spiro atoms. The van der Waals surface area contributed by atoms with Gasteiger partial charge in [0.25, 0.3) is 0 Å². The molecule has 1 aromatic carbocycles. The van der Waals surface area contributed by atoms with Crippen LogP contribution >= 0.6 is 0 Å². The van der Waals surface area contributed by atoms with Gasteiger partial charge in [0.15, 0.2) is 0 Å². The van der Waals surface area contributed by atoms with Crippen LogP contribution in [0.4, 0.5) is 5.69 Å². The highest BCUT2D eigenvalue weighted by Gasteiger charge is 2.44. The highest BCUT2D eigenvalue weighted by Crippen LogP contribution is 2.37. The molecule has 0 saturated carbocycles. The standard InChI is InChI=1S/C18H26N2O2/c1-14(2)17(21)20(15-6-4-3-5-7-15)16-12-18(22-13-16)8-10-19-11-9-18/h3-7,14,16,19H,8-13H2,1-2H3. The van der Waals surface area contributed by atoms with Crippen LogP contribution in [0.25, 0.3) is 0 Å². The second-order valence-corrected chi connectivity index (χ2v) is 6.80. The molecule has 0 aromatic heterocycles. The number of hydrogen-bond donors (Lipinski definition) is 1. The molecule has 22 heavy (non-hydrogen) atoms. The number of benzene rings is 1. The van der Waals surface area contributed by atoms with Crippen molar-refractivity contribution in [3.8, 4) is 0 Å². The quantitative estimate of drug-likeness (QED) is 0.933. The smallest absolute Gasteiger partial charge is 0.229 e. The molecule has 1 atom stereocenters. The summed E-state index contributed by atoms with van der Waals surface area (Å²) in [7, 11) is 0. The van der Waals surface area contributed by atoms with Crippen LogP contribution in [-0.2, 0) is 9.53 Å². The molecule has 1 amide bonds. The Labute approximate surface area is 132 Å². The summed E-state index contributed by atoms with van der Waals surface area (Å²) in [5.41, 5.74) is 0.959. The lowest BCUT2D eigenvalue weighted by Gasteiger charge is -2.34. The van der Waals surface area contributed by atoms with Crippen LogP contribution in [0, 0.1) is 5.92 Å². The van der Waals surface area contributed by atoms with Crippen molar-refractivity contribution in [2.24, 2.45) is 5.92 Å². The van der Waals surface area contributed by atoms with E-state index in [0.717, 1.165) is 38.0 Å². The summed E-state index contributed by atoms with van der Waals surface area (Å²) in [5, 5.41) is 3.39. The van der Waals surface area contributed by atoms with Gasteiger partial charge in [0.05, 0.1) is 18.2 Å². The fourth-order valence-electron chi connectivity index (χ4n) is 3.60. The zero-order valence-corrected chi connectivity index (χ0v) is 13.5. The molecule has 0 bridgehead atoms. The summed E-state index contributed by atoms with van der Waals surface area (Å²) in [6, 6.07) is 10.2. The van der Waals surface area contributed by atoms with Gasteiger partial charge in [-0.1, -0.05) is 32.0 Å². The normalized spacial score (nSPS) is 23.9. The number of ether oxygens (including phenoxy) is 1. The first-order valence-corrected chi connectivity index (χ1v) is 8.34. The first kappa shape index (κ1) is 15.5. The van der Waals surface area contributed by atoms with Crippen LogP contribution in [0.1, 0.15) is 33.1 Å². The minimum absolute atomic E-state index is 0.00946. The number of carbonyl (C=O) groups excluding carboxylic acids is 1. The summed E-state index contributed by atoms with van der Waals surface area (Å²) in [4.78, 5) is 14.7. The van der Waals surface area contributed by atoms with E-state index in [1.165, 1.54) is 0 Å². The molecule has 4 nitrogen and oxygen atoms in total. The third-order valence-corrected chi connectivity index (χ3v) is 4.84. The topological polar surface area (TPSA) is 41.6 Å². The van der Waals surface area contributed by atoms with Gasteiger partial charge in [0, 0.05) is 11.6 Å². The molecule has 2 aliphatic heterocycles. The van der Waals surface area contributed by atoms with Crippen molar-refractivity contribution < 1.29 is 9.53 Å². The van der Waals surface area contributed by atoms with E-state index in [0.29, 0.717) is 6.61 Å². The summed E-state index contributed by atoms with van der Waals surface area (Å²) in [6.45, 7) is 6.60. The predicted octanol–water partition coefficient (Wildman–Crippen LogP) is 2.59. The number of anilines is 1. The molecule has 2 fully saturated rings. The van der Waals surface area contributed by atoms with Crippen molar-refractivity contribution in [1.29, 1.82) is 0 Å². The molecule has 1 unspecified atom stereocenters. The number of rotatable bonds is 3. The molecule has 2 saturated heterocycles. The Hall–Kier alpha value is -1.39. The van der Waals surface area contributed by atoms with Gasteiger partial charge in [-0.25, -0.2) is 0 Å². The zero-order chi connectivity index (χ0) is 15.6. The molecule has 0 radical (unpaired) electrons. The molecular formula is C18H26N2O2. The van der Waals surface area contributed by atoms with Crippen molar-refractivity contribution >= 4 is 11.6 Å². The maximum atomic E-state index is 12.8. The van der Waals surface area contributed by atoms with Gasteiger partial charge in [-0.2, -0.15) is 0 Å². The van der Waals surface area contributed by atoms with Gasteiger partial charge in [-0.05, 0) is 44.5 Å². The van der Waals surface area contributed by atoms with Crippen molar-refractivity contribution in [2.75, 3.05) is 24.6 Å². The monoisotopic (exact) mass is 302 g/mol. The number of nitrogens with one attached hydrogen (secondary N) is 1. The van der Waals surface area contributed by atoms with E-state index in [4.69, 9.17) is 4.74 Å². The largest absolute Gasteiger partial charge is 0.373 e. The van der Waals surface area contributed by atoms with Crippen molar-refractivity contribution in [2.45, 2.75) is 44.8 Å². The molecule has 120 valence electrons. The first-order valence-electron chi connectivity index (χ1n) is 8.34. The van der Waals surface area contributed by atoms with E-state index >= 15 is 0 Å².